The van der Waals surface area contributed by atoms with E-state index in [1.807, 2.05) is 0 Å². The smallest absolute Gasteiger partial charge is 0.307 e. The maximum atomic E-state index is 12.8. The molecular weight excluding hydrogens is 427 g/mol. The van der Waals surface area contributed by atoms with Crippen LogP contribution >= 0.6 is 0 Å². The number of likely N-dealkylation sites (tertiary alicyclic amines) is 1. The zero-order chi connectivity index (χ0) is 20.3. The van der Waals surface area contributed by atoms with Gasteiger partial charge in [-0.05, 0) is 74.6 Å². The van der Waals surface area contributed by atoms with E-state index in [0.29, 0.717) is 25.0 Å². The van der Waals surface area contributed by atoms with Crippen molar-refractivity contribution in [3.63, 3.8) is 0 Å². The minimum absolute atomic E-state index is 0. The Bertz CT molecular complexity index is 933. The molecule has 1 aromatic carbocycles. The molecule has 2 aliphatic heterocycles. The molecule has 2 N–H and O–H groups in total. The molecule has 4 aliphatic rings. The van der Waals surface area contributed by atoms with Crippen LogP contribution in [0, 0.1) is 5.92 Å². The molecule has 7 nitrogen and oxygen atoms in total. The standard InChI is InChI=1S/C21H30N4O3S.K/c1-13(2)25-11-16-10-24(12-19(16)25)29(27,28)23-21(26)22-20-17-7-3-5-14(17)9-15-6-4-8-18(15)20;/h9,13,16,19H,3-8,10-12H2,1-2H3,(H2,22,23,26);. The van der Waals surface area contributed by atoms with Crippen molar-refractivity contribution < 1.29 is 13.2 Å². The molecule has 2 fully saturated rings. The first kappa shape index (κ1) is 23.2. The van der Waals surface area contributed by atoms with Crippen LogP contribution in [0.2, 0.25) is 0 Å². The van der Waals surface area contributed by atoms with Crippen LogP contribution in [-0.2, 0) is 35.9 Å². The van der Waals surface area contributed by atoms with E-state index in [4.69, 9.17) is 0 Å². The van der Waals surface area contributed by atoms with Crippen LogP contribution in [0.4, 0.5) is 10.5 Å². The average molecular weight is 458 g/mol. The molecule has 0 bridgehead atoms. The van der Waals surface area contributed by atoms with Crippen molar-refractivity contribution in [3.05, 3.63) is 28.3 Å². The number of anilines is 1. The van der Waals surface area contributed by atoms with Crippen molar-refractivity contribution in [1.82, 2.24) is 13.9 Å². The van der Waals surface area contributed by atoms with Crippen LogP contribution in [-0.4, -0.2) is 107 Å². The van der Waals surface area contributed by atoms with Crippen LogP contribution in [0.5, 0.6) is 0 Å². The van der Waals surface area contributed by atoms with Crippen LogP contribution in [0.25, 0.3) is 0 Å². The Morgan fingerprint density at radius 2 is 1.67 bits per heavy atom. The number of nitrogens with zero attached hydrogens (tertiary/aromatic N) is 2. The Labute approximate surface area is 221 Å². The Hall–Kier alpha value is -0.00364. The number of carbonyl (C=O) groups excluding carboxylic acids is 1. The van der Waals surface area contributed by atoms with Crippen LogP contribution < -0.4 is 10.0 Å². The minimum atomic E-state index is -3.84. The first-order valence-corrected chi connectivity index (χ1v) is 12.3. The van der Waals surface area contributed by atoms with E-state index in [2.05, 4.69) is 34.9 Å². The fourth-order valence-corrected chi connectivity index (χ4v) is 6.87. The molecule has 2 amide bonds. The first-order chi connectivity index (χ1) is 13.8. The van der Waals surface area contributed by atoms with Gasteiger partial charge in [0.05, 0.1) is 0 Å². The van der Waals surface area contributed by atoms with Crippen molar-refractivity contribution >= 4 is 73.3 Å². The molecule has 2 heterocycles. The first-order valence-electron chi connectivity index (χ1n) is 10.8. The molecule has 2 unspecified atom stereocenters. The maximum absolute atomic E-state index is 12.8. The summed E-state index contributed by atoms with van der Waals surface area (Å²) in [6.07, 6.45) is 6.17. The number of nitrogens with one attached hydrogen (secondary N) is 2. The molecule has 159 valence electrons. The number of hydrogen-bond acceptors (Lipinski definition) is 4. The molecular formula is C21H30KN4O3S. The molecule has 2 atom stereocenters. The molecule has 1 aromatic rings. The van der Waals surface area contributed by atoms with Crippen molar-refractivity contribution in [1.29, 1.82) is 0 Å². The summed E-state index contributed by atoms with van der Waals surface area (Å²) in [6, 6.07) is 2.34. The van der Waals surface area contributed by atoms with Crippen molar-refractivity contribution in [2.24, 2.45) is 5.92 Å². The fourth-order valence-electron chi connectivity index (χ4n) is 5.72. The average Bonchev–Trinajstić information content (AvgIpc) is 3.33. The third-order valence-electron chi connectivity index (χ3n) is 7.18. The molecule has 30 heavy (non-hydrogen) atoms. The summed E-state index contributed by atoms with van der Waals surface area (Å²) in [5.74, 6) is 0.373. The molecule has 0 spiro atoms. The van der Waals surface area contributed by atoms with Gasteiger partial charge >= 0.3 is 16.2 Å². The summed E-state index contributed by atoms with van der Waals surface area (Å²) in [5, 5.41) is 2.92. The van der Waals surface area contributed by atoms with Crippen molar-refractivity contribution in [3.8, 4) is 0 Å². The summed E-state index contributed by atoms with van der Waals surface area (Å²) >= 11 is 0. The van der Waals surface area contributed by atoms with E-state index in [9.17, 15) is 13.2 Å². The SMILES string of the molecule is CC(C)N1CC2CN(S(=O)(=O)NC(=O)Nc3c4c(cc5c3CCC5)CCC4)CC21.[K]. The quantitative estimate of drug-likeness (QED) is 0.674. The van der Waals surface area contributed by atoms with Gasteiger partial charge in [-0.1, -0.05) is 6.07 Å². The van der Waals surface area contributed by atoms with Gasteiger partial charge in [-0.25, -0.2) is 9.52 Å². The number of fused-ring (bicyclic) bond motifs is 3. The third-order valence-corrected chi connectivity index (χ3v) is 8.60. The van der Waals surface area contributed by atoms with Gasteiger partial charge in [0, 0.05) is 94.7 Å². The molecule has 9 heteroatoms. The summed E-state index contributed by atoms with van der Waals surface area (Å²) in [7, 11) is -3.84. The van der Waals surface area contributed by atoms with Gasteiger partial charge in [-0.3, -0.25) is 4.90 Å². The van der Waals surface area contributed by atoms with E-state index >= 15 is 0 Å². The molecule has 0 saturated carbocycles. The second-order valence-electron chi connectivity index (χ2n) is 9.23. The second-order valence-corrected chi connectivity index (χ2v) is 10.9. The number of amides is 2. The van der Waals surface area contributed by atoms with E-state index in [0.717, 1.165) is 50.8 Å². The molecule has 2 saturated heterocycles. The Morgan fingerprint density at radius 3 is 2.27 bits per heavy atom. The summed E-state index contributed by atoms with van der Waals surface area (Å²) in [5.41, 5.74) is 5.89. The monoisotopic (exact) mass is 457 g/mol. The van der Waals surface area contributed by atoms with Gasteiger partial charge in [0.1, 0.15) is 0 Å². The van der Waals surface area contributed by atoms with Gasteiger partial charge in [0.15, 0.2) is 0 Å². The van der Waals surface area contributed by atoms with Gasteiger partial charge in [-0.2, -0.15) is 12.7 Å². The Balaban J connectivity index is 0.00000218. The van der Waals surface area contributed by atoms with Crippen LogP contribution in [0.15, 0.2) is 6.07 Å². The molecule has 0 aromatic heterocycles. The zero-order valence-electron chi connectivity index (χ0n) is 18.2. The maximum Gasteiger partial charge on any atom is 0.333 e. The second kappa shape index (κ2) is 8.74. The predicted molar refractivity (Wildman–Crippen MR) is 118 cm³/mol. The number of rotatable bonds is 4. The van der Waals surface area contributed by atoms with Gasteiger partial charge in [-0.15, -0.1) is 0 Å². The van der Waals surface area contributed by atoms with Gasteiger partial charge < -0.3 is 5.32 Å². The van der Waals surface area contributed by atoms with Gasteiger partial charge in [0.25, 0.3) is 0 Å². The fraction of sp³-hybridized carbons (Fsp3) is 0.667. The van der Waals surface area contributed by atoms with E-state index in [-0.39, 0.29) is 57.4 Å². The summed E-state index contributed by atoms with van der Waals surface area (Å²) in [6.45, 7) is 6.16. The largest absolute Gasteiger partial charge is 0.333 e. The van der Waals surface area contributed by atoms with Crippen LogP contribution in [0.1, 0.15) is 48.9 Å². The van der Waals surface area contributed by atoms with E-state index < -0.39 is 16.2 Å². The minimum Gasteiger partial charge on any atom is -0.307 e. The molecule has 2 aliphatic carbocycles. The topological polar surface area (TPSA) is 81.8 Å². The van der Waals surface area contributed by atoms with Crippen molar-refractivity contribution in [2.45, 2.75) is 64.5 Å². The number of hydrogen-bond donors (Lipinski definition) is 2. The molecule has 5 rings (SSSR count). The Morgan fingerprint density at radius 1 is 1.03 bits per heavy atom. The third kappa shape index (κ3) is 4.05. The number of urea groups is 1. The zero-order valence-corrected chi connectivity index (χ0v) is 22.1. The summed E-state index contributed by atoms with van der Waals surface area (Å²) < 4.78 is 29.4. The number of benzene rings is 1. The van der Waals surface area contributed by atoms with E-state index in [1.165, 1.54) is 26.6 Å². The number of aryl methyl sites for hydroxylation is 2. The van der Waals surface area contributed by atoms with E-state index in [1.54, 1.807) is 0 Å². The van der Waals surface area contributed by atoms with Gasteiger partial charge in [0.2, 0.25) is 0 Å². The predicted octanol–water partition coefficient (Wildman–Crippen LogP) is 1.67. The van der Waals surface area contributed by atoms with Crippen molar-refractivity contribution in [2.75, 3.05) is 25.0 Å². The molecule has 1 radical (unpaired) electrons. The summed E-state index contributed by atoms with van der Waals surface area (Å²) in [4.78, 5) is 15.0. The number of carbonyl (C=O) groups is 1. The Kier molecular flexibility index (Phi) is 6.75. The normalized spacial score (nSPS) is 25.3. The van der Waals surface area contributed by atoms with Crippen LogP contribution in [0.3, 0.4) is 0 Å².